The summed E-state index contributed by atoms with van der Waals surface area (Å²) in [4.78, 5) is 30.4. The normalized spacial score (nSPS) is 14.9. The molecule has 1 N–H and O–H groups in total. The third-order valence-corrected chi connectivity index (χ3v) is 7.44. The summed E-state index contributed by atoms with van der Waals surface area (Å²) < 4.78 is 5.39. The lowest BCUT2D eigenvalue weighted by molar-refractivity contribution is 0.0518. The fourth-order valence-electron chi connectivity index (χ4n) is 5.27. The molecule has 5 rings (SSSR count). The Balaban J connectivity index is 1.28. The molecule has 2 aromatic carbocycles. The SMILES string of the molecule is Cc1occc1C(=O)N(C)[C@H](Cc1ccccc1)C1CCN(C(=O)c2cc(-c3ccccc3)n[nH]2)CC1. The Morgan fingerprint density at radius 2 is 1.73 bits per heavy atom. The van der Waals surface area contributed by atoms with Crippen LogP contribution in [0, 0.1) is 12.8 Å². The average Bonchev–Trinajstić information content (AvgIpc) is 3.61. The van der Waals surface area contributed by atoms with E-state index in [1.165, 1.54) is 5.56 Å². The molecule has 0 saturated carbocycles. The van der Waals surface area contributed by atoms with Gasteiger partial charge in [0.2, 0.25) is 0 Å². The zero-order valence-electron chi connectivity index (χ0n) is 21.3. The molecule has 4 aromatic rings. The molecule has 37 heavy (non-hydrogen) atoms. The van der Waals surface area contributed by atoms with E-state index < -0.39 is 0 Å². The van der Waals surface area contributed by atoms with Crippen LogP contribution in [0.25, 0.3) is 11.3 Å². The minimum atomic E-state index is -0.0359. The van der Waals surface area contributed by atoms with E-state index in [4.69, 9.17) is 4.42 Å². The van der Waals surface area contributed by atoms with Gasteiger partial charge in [-0.25, -0.2) is 0 Å². The maximum absolute atomic E-state index is 13.4. The van der Waals surface area contributed by atoms with Crippen molar-refractivity contribution < 1.29 is 14.0 Å². The van der Waals surface area contributed by atoms with Crippen LogP contribution < -0.4 is 0 Å². The van der Waals surface area contributed by atoms with Crippen molar-refractivity contribution in [1.82, 2.24) is 20.0 Å². The van der Waals surface area contributed by atoms with Crippen LogP contribution in [0.4, 0.5) is 0 Å². The number of likely N-dealkylation sites (tertiary alicyclic amines) is 1. The number of hydrogen-bond donors (Lipinski definition) is 1. The summed E-state index contributed by atoms with van der Waals surface area (Å²) in [7, 11) is 1.88. The van der Waals surface area contributed by atoms with E-state index >= 15 is 0 Å². The summed E-state index contributed by atoms with van der Waals surface area (Å²) >= 11 is 0. The number of nitrogens with zero attached hydrogens (tertiary/aromatic N) is 3. The highest BCUT2D eigenvalue weighted by Crippen LogP contribution is 2.29. The van der Waals surface area contributed by atoms with Crippen molar-refractivity contribution in [3.63, 3.8) is 0 Å². The van der Waals surface area contributed by atoms with Gasteiger partial charge in [-0.15, -0.1) is 0 Å². The third kappa shape index (κ3) is 5.35. The topological polar surface area (TPSA) is 82.4 Å². The quantitative estimate of drug-likeness (QED) is 0.381. The zero-order valence-corrected chi connectivity index (χ0v) is 21.3. The first-order valence-corrected chi connectivity index (χ1v) is 12.8. The fourth-order valence-corrected chi connectivity index (χ4v) is 5.27. The standard InChI is InChI=1S/C30H32N4O3/c1-21-25(15-18-37-21)29(35)33(2)28(19-22-9-5-3-6-10-22)24-13-16-34(17-14-24)30(36)27-20-26(31-32-27)23-11-7-4-8-12-23/h3-12,15,18,20,24,28H,13-14,16-17,19H2,1-2H3,(H,31,32)/t28-/m1/s1. The molecular formula is C30H32N4O3. The first-order valence-electron chi connectivity index (χ1n) is 12.8. The molecule has 1 saturated heterocycles. The minimum Gasteiger partial charge on any atom is -0.469 e. The lowest BCUT2D eigenvalue weighted by Crippen LogP contribution is -2.48. The Kier molecular flexibility index (Phi) is 7.21. The smallest absolute Gasteiger partial charge is 0.271 e. The van der Waals surface area contributed by atoms with E-state index in [1.54, 1.807) is 12.3 Å². The van der Waals surface area contributed by atoms with Crippen molar-refractivity contribution in [3.05, 3.63) is 102 Å². The summed E-state index contributed by atoms with van der Waals surface area (Å²) in [6.07, 6.45) is 3.97. The van der Waals surface area contributed by atoms with E-state index in [-0.39, 0.29) is 23.8 Å². The molecule has 7 nitrogen and oxygen atoms in total. The van der Waals surface area contributed by atoms with Gasteiger partial charge in [-0.3, -0.25) is 14.7 Å². The second-order valence-electron chi connectivity index (χ2n) is 9.73. The molecule has 3 heterocycles. The fraction of sp³-hybridized carbons (Fsp3) is 0.300. The van der Waals surface area contributed by atoms with E-state index in [1.807, 2.05) is 78.4 Å². The van der Waals surface area contributed by atoms with Gasteiger partial charge in [-0.2, -0.15) is 5.10 Å². The summed E-state index contributed by atoms with van der Waals surface area (Å²) in [5.74, 6) is 0.833. The number of furan rings is 1. The Morgan fingerprint density at radius 1 is 1.05 bits per heavy atom. The molecule has 7 heteroatoms. The van der Waals surface area contributed by atoms with Crippen molar-refractivity contribution in [2.75, 3.05) is 20.1 Å². The van der Waals surface area contributed by atoms with Crippen LogP contribution in [0.2, 0.25) is 0 Å². The molecule has 0 spiro atoms. The predicted molar refractivity (Wildman–Crippen MR) is 142 cm³/mol. The molecule has 1 fully saturated rings. The molecule has 0 unspecified atom stereocenters. The highest BCUT2D eigenvalue weighted by atomic mass is 16.3. The van der Waals surface area contributed by atoms with Gasteiger partial charge in [0.15, 0.2) is 0 Å². The Morgan fingerprint density at radius 3 is 2.38 bits per heavy atom. The summed E-state index contributed by atoms with van der Waals surface area (Å²) in [6.45, 7) is 3.10. The molecule has 1 aliphatic heterocycles. The first kappa shape index (κ1) is 24.6. The number of nitrogens with one attached hydrogen (secondary N) is 1. The van der Waals surface area contributed by atoms with Crippen LogP contribution >= 0.6 is 0 Å². The molecule has 2 aromatic heterocycles. The van der Waals surface area contributed by atoms with Crippen molar-refractivity contribution in [2.45, 2.75) is 32.2 Å². The van der Waals surface area contributed by atoms with Gasteiger partial charge in [-0.1, -0.05) is 60.7 Å². The van der Waals surface area contributed by atoms with E-state index in [2.05, 4.69) is 22.3 Å². The monoisotopic (exact) mass is 496 g/mol. The van der Waals surface area contributed by atoms with Crippen molar-refractivity contribution in [3.8, 4) is 11.3 Å². The molecule has 0 bridgehead atoms. The van der Waals surface area contributed by atoms with E-state index in [9.17, 15) is 9.59 Å². The highest BCUT2D eigenvalue weighted by molar-refractivity contribution is 5.95. The number of aryl methyl sites for hydroxylation is 1. The number of aromatic amines is 1. The zero-order chi connectivity index (χ0) is 25.8. The number of hydrogen-bond acceptors (Lipinski definition) is 4. The Labute approximate surface area is 217 Å². The second kappa shape index (κ2) is 10.9. The lowest BCUT2D eigenvalue weighted by Gasteiger charge is -2.40. The molecule has 1 aliphatic rings. The van der Waals surface area contributed by atoms with Crippen LogP contribution in [0.15, 0.2) is 83.5 Å². The number of benzene rings is 2. The molecule has 0 aliphatic carbocycles. The van der Waals surface area contributed by atoms with Crippen LogP contribution in [-0.2, 0) is 6.42 Å². The number of amides is 2. The van der Waals surface area contributed by atoms with Gasteiger partial charge < -0.3 is 14.2 Å². The van der Waals surface area contributed by atoms with E-state index in [0.29, 0.717) is 30.1 Å². The molecule has 0 radical (unpaired) electrons. The number of H-pyrrole nitrogens is 1. The van der Waals surface area contributed by atoms with Crippen molar-refractivity contribution >= 4 is 11.8 Å². The maximum Gasteiger partial charge on any atom is 0.271 e. The number of rotatable bonds is 7. The van der Waals surface area contributed by atoms with E-state index in [0.717, 1.165) is 30.5 Å². The largest absolute Gasteiger partial charge is 0.469 e. The van der Waals surface area contributed by atoms with Gasteiger partial charge in [0.1, 0.15) is 11.5 Å². The Bertz CT molecular complexity index is 1340. The van der Waals surface area contributed by atoms with Crippen LogP contribution in [0.5, 0.6) is 0 Å². The second-order valence-corrected chi connectivity index (χ2v) is 9.73. The number of aromatic nitrogens is 2. The highest BCUT2D eigenvalue weighted by Gasteiger charge is 2.34. The minimum absolute atomic E-state index is 0.0123. The number of carbonyl (C=O) groups is 2. The number of carbonyl (C=O) groups excluding carboxylic acids is 2. The number of likely N-dealkylation sites (N-methyl/N-ethyl adjacent to an activating group) is 1. The molecule has 2 amide bonds. The number of piperidine rings is 1. The molecule has 1 atom stereocenters. The maximum atomic E-state index is 13.4. The van der Waals surface area contributed by atoms with Crippen LogP contribution in [0.3, 0.4) is 0 Å². The van der Waals surface area contributed by atoms with Gasteiger partial charge in [0, 0.05) is 31.7 Å². The first-order chi connectivity index (χ1) is 18.0. The van der Waals surface area contributed by atoms with Gasteiger partial charge in [0.05, 0.1) is 17.5 Å². The van der Waals surface area contributed by atoms with Crippen LogP contribution in [0.1, 0.15) is 45.0 Å². The third-order valence-electron chi connectivity index (χ3n) is 7.44. The van der Waals surface area contributed by atoms with Crippen LogP contribution in [-0.4, -0.2) is 58.0 Å². The summed E-state index contributed by atoms with van der Waals surface area (Å²) in [5, 5.41) is 7.26. The average molecular weight is 497 g/mol. The van der Waals surface area contributed by atoms with Crippen molar-refractivity contribution in [2.24, 2.45) is 5.92 Å². The van der Waals surface area contributed by atoms with Gasteiger partial charge >= 0.3 is 0 Å². The Hall–Kier alpha value is -4.13. The molecule has 190 valence electrons. The predicted octanol–water partition coefficient (Wildman–Crippen LogP) is 5.21. The summed E-state index contributed by atoms with van der Waals surface area (Å²) in [5.41, 5.74) is 4.03. The van der Waals surface area contributed by atoms with Gasteiger partial charge in [0.25, 0.3) is 11.8 Å². The lowest BCUT2D eigenvalue weighted by atomic mass is 9.84. The van der Waals surface area contributed by atoms with Gasteiger partial charge in [-0.05, 0) is 49.8 Å². The molecular weight excluding hydrogens is 464 g/mol. The van der Waals surface area contributed by atoms with Crippen molar-refractivity contribution in [1.29, 1.82) is 0 Å². The summed E-state index contributed by atoms with van der Waals surface area (Å²) in [6, 6.07) is 23.7.